The second kappa shape index (κ2) is 5.46. The van der Waals surface area contributed by atoms with E-state index < -0.39 is 0 Å². The summed E-state index contributed by atoms with van der Waals surface area (Å²) in [5.74, 6) is 1.31. The standard InChI is InChI=1S/C13H23N3S/c1-9(2)4-13-15-5-11(17-13)7-16-6-10(3)12(14)8-16/h5,9-10,12H,4,6-8,14H2,1-3H3. The normalized spacial score (nSPS) is 25.9. The van der Waals surface area contributed by atoms with E-state index in [1.807, 2.05) is 17.5 Å². The highest BCUT2D eigenvalue weighted by atomic mass is 32.1. The van der Waals surface area contributed by atoms with Gasteiger partial charge in [-0.1, -0.05) is 20.8 Å². The van der Waals surface area contributed by atoms with E-state index in [1.165, 1.54) is 9.88 Å². The molecule has 17 heavy (non-hydrogen) atoms. The molecule has 2 heterocycles. The zero-order chi connectivity index (χ0) is 12.4. The number of nitrogens with two attached hydrogens (primary N) is 1. The summed E-state index contributed by atoms with van der Waals surface area (Å²) in [6.45, 7) is 9.89. The monoisotopic (exact) mass is 253 g/mol. The number of hydrogen-bond donors (Lipinski definition) is 1. The first kappa shape index (κ1) is 13.0. The van der Waals surface area contributed by atoms with Crippen LogP contribution in [0.2, 0.25) is 0 Å². The summed E-state index contributed by atoms with van der Waals surface area (Å²) >= 11 is 1.86. The predicted octanol–water partition coefficient (Wildman–Crippen LogP) is 2.12. The van der Waals surface area contributed by atoms with Gasteiger partial charge in [0.15, 0.2) is 0 Å². The molecule has 0 radical (unpaired) electrons. The first-order chi connectivity index (χ1) is 8.04. The molecule has 1 aliphatic rings. The Morgan fingerprint density at radius 2 is 2.29 bits per heavy atom. The summed E-state index contributed by atoms with van der Waals surface area (Å²) in [6.07, 6.45) is 3.14. The maximum atomic E-state index is 6.04. The fourth-order valence-corrected chi connectivity index (χ4v) is 3.49. The highest BCUT2D eigenvalue weighted by molar-refractivity contribution is 7.11. The average molecular weight is 253 g/mol. The molecule has 2 N–H and O–H groups in total. The fraction of sp³-hybridized carbons (Fsp3) is 0.769. The van der Waals surface area contributed by atoms with E-state index in [0.29, 0.717) is 17.9 Å². The lowest BCUT2D eigenvalue weighted by atomic mass is 10.1. The largest absolute Gasteiger partial charge is 0.326 e. The first-order valence-corrected chi connectivity index (χ1v) is 7.27. The summed E-state index contributed by atoms with van der Waals surface area (Å²) in [6, 6.07) is 0.345. The molecule has 1 aromatic heterocycles. The van der Waals surface area contributed by atoms with Gasteiger partial charge in [-0.05, 0) is 11.8 Å². The lowest BCUT2D eigenvalue weighted by Gasteiger charge is -2.12. The minimum atomic E-state index is 0.345. The molecule has 2 unspecified atom stereocenters. The maximum Gasteiger partial charge on any atom is 0.0930 e. The van der Waals surface area contributed by atoms with E-state index in [2.05, 4.69) is 30.7 Å². The summed E-state index contributed by atoms with van der Waals surface area (Å²) in [4.78, 5) is 8.32. The van der Waals surface area contributed by atoms with Gasteiger partial charge in [-0.2, -0.15) is 0 Å². The van der Waals surface area contributed by atoms with E-state index in [1.54, 1.807) is 0 Å². The molecule has 0 amide bonds. The van der Waals surface area contributed by atoms with Crippen LogP contribution >= 0.6 is 11.3 Å². The topological polar surface area (TPSA) is 42.2 Å². The lowest BCUT2D eigenvalue weighted by Crippen LogP contribution is -2.28. The number of thiazole rings is 1. The number of nitrogens with zero attached hydrogens (tertiary/aromatic N) is 2. The minimum Gasteiger partial charge on any atom is -0.326 e. The van der Waals surface area contributed by atoms with Gasteiger partial charge >= 0.3 is 0 Å². The van der Waals surface area contributed by atoms with Gasteiger partial charge in [0.1, 0.15) is 0 Å². The number of likely N-dealkylation sites (tertiary alicyclic amines) is 1. The van der Waals surface area contributed by atoms with Gasteiger partial charge in [0.25, 0.3) is 0 Å². The zero-order valence-corrected chi connectivity index (χ0v) is 11.8. The van der Waals surface area contributed by atoms with Crippen LogP contribution in [-0.4, -0.2) is 29.0 Å². The Morgan fingerprint density at radius 1 is 1.53 bits per heavy atom. The molecular weight excluding hydrogens is 230 g/mol. The second-order valence-electron chi connectivity index (χ2n) is 5.65. The Bertz CT molecular complexity index is 351. The zero-order valence-electron chi connectivity index (χ0n) is 11.0. The van der Waals surface area contributed by atoms with E-state index in [0.717, 1.165) is 26.1 Å². The van der Waals surface area contributed by atoms with Crippen LogP contribution in [0.3, 0.4) is 0 Å². The quantitative estimate of drug-likeness (QED) is 0.894. The summed E-state index contributed by atoms with van der Waals surface area (Å²) < 4.78 is 0. The third-order valence-corrected chi connectivity index (χ3v) is 4.31. The highest BCUT2D eigenvalue weighted by Crippen LogP contribution is 2.21. The Labute approximate surface area is 108 Å². The molecule has 2 atom stereocenters. The van der Waals surface area contributed by atoms with Crippen molar-refractivity contribution in [1.82, 2.24) is 9.88 Å². The third-order valence-electron chi connectivity index (χ3n) is 3.31. The van der Waals surface area contributed by atoms with Crippen LogP contribution in [0.15, 0.2) is 6.20 Å². The SMILES string of the molecule is CC(C)Cc1ncc(CN2CC(C)C(N)C2)s1. The third kappa shape index (κ3) is 3.50. The molecule has 2 rings (SSSR count). The Kier molecular flexibility index (Phi) is 4.17. The number of hydrogen-bond acceptors (Lipinski definition) is 4. The van der Waals surface area contributed by atoms with Crippen LogP contribution in [0.4, 0.5) is 0 Å². The molecular formula is C13H23N3S. The summed E-state index contributed by atoms with van der Waals surface area (Å²) in [5, 5.41) is 1.27. The molecule has 1 saturated heterocycles. The Hall–Kier alpha value is -0.450. The van der Waals surface area contributed by atoms with Gasteiger partial charge in [-0.25, -0.2) is 4.98 Å². The molecule has 0 saturated carbocycles. The Morgan fingerprint density at radius 3 is 2.88 bits per heavy atom. The molecule has 0 bridgehead atoms. The van der Waals surface area contributed by atoms with Gasteiger partial charge in [-0.3, -0.25) is 4.90 Å². The van der Waals surface area contributed by atoms with Crippen molar-refractivity contribution in [1.29, 1.82) is 0 Å². The molecule has 96 valence electrons. The molecule has 0 aromatic carbocycles. The van der Waals surface area contributed by atoms with Crippen molar-refractivity contribution in [3.8, 4) is 0 Å². The van der Waals surface area contributed by atoms with Gasteiger partial charge in [-0.15, -0.1) is 11.3 Å². The molecule has 1 aromatic rings. The second-order valence-corrected chi connectivity index (χ2v) is 6.85. The Balaban J connectivity index is 1.89. The maximum absolute atomic E-state index is 6.04. The van der Waals surface area contributed by atoms with Gasteiger partial charge < -0.3 is 5.73 Å². The molecule has 0 spiro atoms. The van der Waals surface area contributed by atoms with Crippen molar-refractivity contribution < 1.29 is 0 Å². The molecule has 1 aliphatic heterocycles. The van der Waals surface area contributed by atoms with Crippen LogP contribution in [0.1, 0.15) is 30.7 Å². The smallest absolute Gasteiger partial charge is 0.0930 e. The van der Waals surface area contributed by atoms with E-state index >= 15 is 0 Å². The minimum absolute atomic E-state index is 0.345. The van der Waals surface area contributed by atoms with Crippen LogP contribution in [-0.2, 0) is 13.0 Å². The summed E-state index contributed by atoms with van der Waals surface area (Å²) in [7, 11) is 0. The predicted molar refractivity (Wildman–Crippen MR) is 73.1 cm³/mol. The molecule has 0 aliphatic carbocycles. The van der Waals surface area contributed by atoms with Crippen LogP contribution in [0.25, 0.3) is 0 Å². The average Bonchev–Trinajstić information content (AvgIpc) is 2.75. The van der Waals surface area contributed by atoms with Gasteiger partial charge in [0.2, 0.25) is 0 Å². The molecule has 3 nitrogen and oxygen atoms in total. The fourth-order valence-electron chi connectivity index (χ4n) is 2.31. The molecule has 1 fully saturated rings. The van der Waals surface area contributed by atoms with Crippen LogP contribution in [0.5, 0.6) is 0 Å². The van der Waals surface area contributed by atoms with Crippen molar-refractivity contribution in [3.63, 3.8) is 0 Å². The van der Waals surface area contributed by atoms with E-state index in [-0.39, 0.29) is 0 Å². The molecule has 4 heteroatoms. The van der Waals surface area contributed by atoms with Crippen molar-refractivity contribution in [2.75, 3.05) is 13.1 Å². The summed E-state index contributed by atoms with van der Waals surface area (Å²) in [5.41, 5.74) is 6.04. The van der Waals surface area contributed by atoms with Crippen LogP contribution < -0.4 is 5.73 Å². The van der Waals surface area contributed by atoms with Crippen LogP contribution in [0, 0.1) is 11.8 Å². The van der Waals surface area contributed by atoms with Gasteiger partial charge in [0.05, 0.1) is 5.01 Å². The van der Waals surface area contributed by atoms with Crippen molar-refractivity contribution in [3.05, 3.63) is 16.1 Å². The van der Waals surface area contributed by atoms with E-state index in [9.17, 15) is 0 Å². The first-order valence-electron chi connectivity index (χ1n) is 6.46. The van der Waals surface area contributed by atoms with Crippen molar-refractivity contribution >= 4 is 11.3 Å². The number of aromatic nitrogens is 1. The number of rotatable bonds is 4. The lowest BCUT2D eigenvalue weighted by molar-refractivity contribution is 0.321. The highest BCUT2D eigenvalue weighted by Gasteiger charge is 2.26. The van der Waals surface area contributed by atoms with Gasteiger partial charge in [0, 0.05) is 43.2 Å². The van der Waals surface area contributed by atoms with Crippen molar-refractivity contribution in [2.45, 2.75) is 39.8 Å². The van der Waals surface area contributed by atoms with E-state index in [4.69, 9.17) is 5.73 Å². The van der Waals surface area contributed by atoms with Crippen molar-refractivity contribution in [2.24, 2.45) is 17.6 Å².